The minimum absolute atomic E-state index is 0.128. The Morgan fingerprint density at radius 3 is 2.90 bits per heavy atom. The summed E-state index contributed by atoms with van der Waals surface area (Å²) < 4.78 is 5.53. The van der Waals surface area contributed by atoms with Gasteiger partial charge in [-0.1, -0.05) is 19.1 Å². The highest BCUT2D eigenvalue weighted by Crippen LogP contribution is 2.22. The van der Waals surface area contributed by atoms with Crippen molar-refractivity contribution in [2.45, 2.75) is 13.3 Å². The molecule has 2 rings (SSSR count). The normalized spacial score (nSPS) is 10.3. The third kappa shape index (κ3) is 3.24. The maximum atomic E-state index is 11.4. The van der Waals surface area contributed by atoms with Crippen molar-refractivity contribution in [1.82, 2.24) is 10.2 Å². The lowest BCUT2D eigenvalue weighted by molar-refractivity contribution is 0.108. The van der Waals surface area contributed by atoms with Crippen molar-refractivity contribution in [1.29, 1.82) is 0 Å². The molecule has 0 aliphatic heterocycles. The van der Waals surface area contributed by atoms with Gasteiger partial charge in [0, 0.05) is 5.56 Å². The molecule has 2 aromatic rings. The average molecular weight is 293 g/mol. The second kappa shape index (κ2) is 6.34. The summed E-state index contributed by atoms with van der Waals surface area (Å²) >= 11 is 5.36. The Kier molecular flexibility index (Phi) is 4.53. The first-order chi connectivity index (χ1) is 9.61. The minimum atomic E-state index is -0.812. The Bertz CT molecular complexity index is 682. The number of ether oxygens (including phenoxy) is 1. The van der Waals surface area contributed by atoms with Gasteiger partial charge in [-0.3, -0.25) is 9.59 Å². The molecule has 0 atom stereocenters. The molecule has 5 nitrogen and oxygen atoms in total. The highest BCUT2D eigenvalue weighted by Gasteiger charge is 2.11. The van der Waals surface area contributed by atoms with Crippen molar-refractivity contribution < 1.29 is 9.53 Å². The van der Waals surface area contributed by atoms with Crippen molar-refractivity contribution in [2.24, 2.45) is 0 Å². The summed E-state index contributed by atoms with van der Waals surface area (Å²) in [5.41, 5.74) is 0.452. The predicted octanol–water partition coefficient (Wildman–Crippen LogP) is 2.60. The number of aromatic amines is 1. The van der Waals surface area contributed by atoms with Crippen LogP contribution in [0.3, 0.4) is 0 Å². The fraction of sp³-hybridized carbons (Fsp3) is 0.214. The van der Waals surface area contributed by atoms with Gasteiger partial charge >= 0.3 is 0 Å². The van der Waals surface area contributed by atoms with Crippen LogP contribution >= 0.6 is 11.6 Å². The minimum Gasteiger partial charge on any atom is -0.494 e. The smallest absolute Gasteiger partial charge is 0.276 e. The first kappa shape index (κ1) is 14.3. The van der Waals surface area contributed by atoms with E-state index in [1.165, 1.54) is 6.07 Å². The van der Waals surface area contributed by atoms with Crippen molar-refractivity contribution in [3.8, 4) is 17.0 Å². The molecule has 1 heterocycles. The number of aromatic nitrogens is 2. The molecule has 20 heavy (non-hydrogen) atoms. The molecule has 1 aromatic heterocycles. The van der Waals surface area contributed by atoms with E-state index >= 15 is 0 Å². The Morgan fingerprint density at radius 2 is 2.20 bits per heavy atom. The quantitative estimate of drug-likeness (QED) is 0.860. The summed E-state index contributed by atoms with van der Waals surface area (Å²) in [6, 6.07) is 8.61. The molecule has 1 N–H and O–H groups in total. The van der Waals surface area contributed by atoms with Crippen LogP contribution in [0.1, 0.15) is 23.7 Å². The van der Waals surface area contributed by atoms with Crippen LogP contribution in [-0.2, 0) is 0 Å². The molecule has 0 unspecified atom stereocenters. The van der Waals surface area contributed by atoms with Gasteiger partial charge in [0.05, 0.1) is 12.3 Å². The first-order valence-electron chi connectivity index (χ1n) is 6.14. The van der Waals surface area contributed by atoms with Crippen LogP contribution < -0.4 is 10.3 Å². The van der Waals surface area contributed by atoms with Gasteiger partial charge in [-0.2, -0.15) is 5.10 Å². The standard InChI is InChI=1S/C14H13ClN2O3/c1-2-6-20-10-5-3-4-9(7-10)12-8-11(13(15)18)14(19)17-16-12/h3-5,7-8H,2,6H2,1H3,(H,17,19). The Hall–Kier alpha value is -2.14. The molecule has 0 saturated heterocycles. The predicted molar refractivity (Wildman–Crippen MR) is 76.3 cm³/mol. The summed E-state index contributed by atoms with van der Waals surface area (Å²) in [6.45, 7) is 2.64. The fourth-order valence-electron chi connectivity index (χ4n) is 1.66. The number of halogens is 1. The highest BCUT2D eigenvalue weighted by molar-refractivity contribution is 6.67. The molecule has 0 fully saturated rings. The zero-order valence-corrected chi connectivity index (χ0v) is 11.6. The van der Waals surface area contributed by atoms with Crippen molar-refractivity contribution >= 4 is 16.8 Å². The number of hydrogen-bond acceptors (Lipinski definition) is 4. The monoisotopic (exact) mass is 292 g/mol. The van der Waals surface area contributed by atoms with Gasteiger partial charge in [0.25, 0.3) is 10.8 Å². The summed E-state index contributed by atoms with van der Waals surface area (Å²) in [5, 5.41) is 5.36. The van der Waals surface area contributed by atoms with E-state index in [2.05, 4.69) is 10.2 Å². The zero-order valence-electron chi connectivity index (χ0n) is 10.9. The largest absolute Gasteiger partial charge is 0.494 e. The number of carbonyl (C=O) groups excluding carboxylic acids is 1. The lowest BCUT2D eigenvalue weighted by Crippen LogP contribution is -2.16. The summed E-state index contributed by atoms with van der Waals surface area (Å²) in [6.07, 6.45) is 0.909. The lowest BCUT2D eigenvalue weighted by Gasteiger charge is -2.06. The van der Waals surface area contributed by atoms with E-state index in [4.69, 9.17) is 16.3 Å². The molecular weight excluding hydrogens is 280 g/mol. The van der Waals surface area contributed by atoms with Crippen molar-refractivity contribution in [2.75, 3.05) is 6.61 Å². The summed E-state index contributed by atoms with van der Waals surface area (Å²) in [4.78, 5) is 22.6. The van der Waals surface area contributed by atoms with E-state index in [0.717, 1.165) is 12.0 Å². The molecule has 0 radical (unpaired) electrons. The third-order valence-electron chi connectivity index (χ3n) is 2.62. The average Bonchev–Trinajstić information content (AvgIpc) is 2.45. The summed E-state index contributed by atoms with van der Waals surface area (Å²) in [7, 11) is 0. The van der Waals surface area contributed by atoms with E-state index in [-0.39, 0.29) is 5.56 Å². The zero-order chi connectivity index (χ0) is 14.5. The van der Waals surface area contributed by atoms with Gasteiger partial charge < -0.3 is 4.74 Å². The summed E-state index contributed by atoms with van der Waals surface area (Å²) in [5.74, 6) is 0.705. The second-order valence-electron chi connectivity index (χ2n) is 4.15. The number of rotatable bonds is 5. The molecule has 0 aliphatic carbocycles. The van der Waals surface area contributed by atoms with E-state index < -0.39 is 10.8 Å². The third-order valence-corrected chi connectivity index (χ3v) is 2.82. The van der Waals surface area contributed by atoms with Crippen LogP contribution in [0, 0.1) is 0 Å². The Morgan fingerprint density at radius 1 is 1.40 bits per heavy atom. The van der Waals surface area contributed by atoms with E-state index in [1.807, 2.05) is 25.1 Å². The fourth-order valence-corrected chi connectivity index (χ4v) is 1.81. The maximum absolute atomic E-state index is 11.4. The van der Waals surface area contributed by atoms with E-state index in [0.29, 0.717) is 18.1 Å². The van der Waals surface area contributed by atoms with Crippen LogP contribution in [0.5, 0.6) is 5.75 Å². The number of carbonyl (C=O) groups is 1. The van der Waals surface area contributed by atoms with Crippen LogP contribution in [0.15, 0.2) is 35.1 Å². The van der Waals surface area contributed by atoms with E-state index in [1.54, 1.807) is 6.07 Å². The molecule has 0 bridgehead atoms. The number of nitrogens with zero attached hydrogens (tertiary/aromatic N) is 1. The molecule has 0 spiro atoms. The van der Waals surface area contributed by atoms with Crippen molar-refractivity contribution in [3.63, 3.8) is 0 Å². The number of benzene rings is 1. The Labute approximate surface area is 120 Å². The van der Waals surface area contributed by atoms with Gasteiger partial charge in [-0.25, -0.2) is 5.10 Å². The van der Waals surface area contributed by atoms with Crippen LogP contribution in [0.4, 0.5) is 0 Å². The lowest BCUT2D eigenvalue weighted by atomic mass is 10.1. The van der Waals surface area contributed by atoms with Gasteiger partial charge in [-0.15, -0.1) is 0 Å². The molecule has 6 heteroatoms. The molecule has 0 aliphatic rings. The molecule has 104 valence electrons. The second-order valence-corrected chi connectivity index (χ2v) is 4.49. The van der Waals surface area contributed by atoms with E-state index in [9.17, 15) is 9.59 Å². The van der Waals surface area contributed by atoms with Crippen LogP contribution in [0.25, 0.3) is 11.3 Å². The van der Waals surface area contributed by atoms with Gasteiger partial charge in [-0.05, 0) is 36.2 Å². The highest BCUT2D eigenvalue weighted by atomic mass is 35.5. The first-order valence-corrected chi connectivity index (χ1v) is 6.52. The number of H-pyrrole nitrogens is 1. The van der Waals surface area contributed by atoms with Gasteiger partial charge in [0.2, 0.25) is 0 Å². The topological polar surface area (TPSA) is 72.1 Å². The number of nitrogens with one attached hydrogen (secondary N) is 1. The maximum Gasteiger partial charge on any atom is 0.276 e. The molecule has 0 saturated carbocycles. The van der Waals surface area contributed by atoms with Crippen LogP contribution in [-0.4, -0.2) is 22.0 Å². The molecule has 0 amide bonds. The van der Waals surface area contributed by atoms with Crippen molar-refractivity contribution in [3.05, 3.63) is 46.2 Å². The molecular formula is C14H13ClN2O3. The van der Waals surface area contributed by atoms with Gasteiger partial charge in [0.1, 0.15) is 11.3 Å². The SMILES string of the molecule is CCCOc1cccc(-c2cc(C(=O)Cl)c(=O)[nH]n2)c1. The Balaban J connectivity index is 2.38. The number of hydrogen-bond donors (Lipinski definition) is 1. The van der Waals surface area contributed by atoms with Gasteiger partial charge in [0.15, 0.2) is 0 Å². The van der Waals surface area contributed by atoms with Crippen LogP contribution in [0.2, 0.25) is 0 Å². The molecule has 1 aromatic carbocycles.